The molecule has 0 aliphatic rings. The van der Waals surface area contributed by atoms with Gasteiger partial charge in [-0.05, 0) is 6.42 Å². The maximum Gasteiger partial charge on any atom is 0.140 e. The van der Waals surface area contributed by atoms with Crippen LogP contribution in [0, 0.1) is 0 Å². The van der Waals surface area contributed by atoms with Gasteiger partial charge in [-0.1, -0.05) is 37.8 Å². The SMILES string of the molecule is CCCCCCn1ncc(Cl)c1N. The predicted molar refractivity (Wildman–Crippen MR) is 55.8 cm³/mol. The fourth-order valence-corrected chi connectivity index (χ4v) is 1.38. The number of nitrogen functional groups attached to an aromatic ring is 1. The molecule has 1 heterocycles. The monoisotopic (exact) mass is 201 g/mol. The second-order valence-electron chi connectivity index (χ2n) is 3.16. The molecule has 0 atom stereocenters. The Labute approximate surface area is 83.9 Å². The van der Waals surface area contributed by atoms with Crippen LogP contribution < -0.4 is 5.73 Å². The zero-order chi connectivity index (χ0) is 9.68. The van der Waals surface area contributed by atoms with E-state index >= 15 is 0 Å². The number of halogens is 1. The second-order valence-corrected chi connectivity index (χ2v) is 3.57. The van der Waals surface area contributed by atoms with Crippen molar-refractivity contribution in [2.75, 3.05) is 5.73 Å². The van der Waals surface area contributed by atoms with Crippen molar-refractivity contribution in [2.45, 2.75) is 39.2 Å². The van der Waals surface area contributed by atoms with Gasteiger partial charge in [0.15, 0.2) is 0 Å². The molecule has 1 aromatic rings. The molecule has 2 N–H and O–H groups in total. The minimum atomic E-state index is 0.551. The summed E-state index contributed by atoms with van der Waals surface area (Å²) >= 11 is 5.76. The highest BCUT2D eigenvalue weighted by molar-refractivity contribution is 6.32. The topological polar surface area (TPSA) is 43.8 Å². The van der Waals surface area contributed by atoms with Crippen molar-refractivity contribution in [3.05, 3.63) is 11.2 Å². The summed E-state index contributed by atoms with van der Waals surface area (Å²) in [7, 11) is 0. The van der Waals surface area contributed by atoms with Gasteiger partial charge in [0, 0.05) is 6.54 Å². The number of anilines is 1. The Morgan fingerprint density at radius 1 is 1.46 bits per heavy atom. The van der Waals surface area contributed by atoms with Crippen molar-refractivity contribution < 1.29 is 0 Å². The van der Waals surface area contributed by atoms with Crippen LogP contribution in [0.3, 0.4) is 0 Å². The van der Waals surface area contributed by atoms with E-state index in [1.807, 2.05) is 0 Å². The Morgan fingerprint density at radius 3 is 2.77 bits per heavy atom. The van der Waals surface area contributed by atoms with Gasteiger partial charge < -0.3 is 5.73 Å². The molecule has 0 aliphatic heterocycles. The van der Waals surface area contributed by atoms with Crippen molar-refractivity contribution in [1.29, 1.82) is 0 Å². The van der Waals surface area contributed by atoms with Crippen molar-refractivity contribution >= 4 is 17.4 Å². The Balaban J connectivity index is 2.32. The highest BCUT2D eigenvalue weighted by Crippen LogP contribution is 2.17. The van der Waals surface area contributed by atoms with E-state index in [1.165, 1.54) is 19.3 Å². The second kappa shape index (κ2) is 5.12. The summed E-state index contributed by atoms with van der Waals surface area (Å²) in [5.41, 5.74) is 5.69. The lowest BCUT2D eigenvalue weighted by Gasteiger charge is -2.02. The third-order valence-corrected chi connectivity index (χ3v) is 2.35. The highest BCUT2D eigenvalue weighted by Gasteiger charge is 2.03. The molecule has 0 aliphatic carbocycles. The molecule has 1 rings (SSSR count). The first-order valence-electron chi connectivity index (χ1n) is 4.72. The lowest BCUT2D eigenvalue weighted by Crippen LogP contribution is -2.04. The minimum Gasteiger partial charge on any atom is -0.383 e. The molecule has 0 saturated carbocycles. The molecule has 0 fully saturated rings. The van der Waals surface area contributed by atoms with E-state index in [4.69, 9.17) is 17.3 Å². The number of aromatic nitrogens is 2. The largest absolute Gasteiger partial charge is 0.383 e. The molecule has 0 bridgehead atoms. The first kappa shape index (κ1) is 10.4. The van der Waals surface area contributed by atoms with Crippen LogP contribution in [0.4, 0.5) is 5.82 Å². The van der Waals surface area contributed by atoms with Gasteiger partial charge in [-0.2, -0.15) is 5.10 Å². The lowest BCUT2D eigenvalue weighted by atomic mass is 10.2. The van der Waals surface area contributed by atoms with Crippen LogP contribution in [0.5, 0.6) is 0 Å². The van der Waals surface area contributed by atoms with Gasteiger partial charge in [0.05, 0.1) is 6.20 Å². The molecule has 4 heteroatoms. The summed E-state index contributed by atoms with van der Waals surface area (Å²) in [4.78, 5) is 0. The normalized spacial score (nSPS) is 10.6. The van der Waals surface area contributed by atoms with Crippen molar-refractivity contribution in [3.8, 4) is 0 Å². The first-order chi connectivity index (χ1) is 6.25. The molecule has 0 spiro atoms. The molecule has 0 aromatic carbocycles. The molecule has 3 nitrogen and oxygen atoms in total. The van der Waals surface area contributed by atoms with E-state index in [0.29, 0.717) is 10.8 Å². The smallest absolute Gasteiger partial charge is 0.140 e. The standard InChI is InChI=1S/C9H16ClN3/c1-2-3-4-5-6-13-9(11)8(10)7-12-13/h7H,2-6,11H2,1H3. The van der Waals surface area contributed by atoms with Crippen LogP contribution in [-0.2, 0) is 6.54 Å². The van der Waals surface area contributed by atoms with Crippen LogP contribution in [0.2, 0.25) is 5.02 Å². The van der Waals surface area contributed by atoms with Crippen LogP contribution >= 0.6 is 11.6 Å². The number of unbranched alkanes of at least 4 members (excludes halogenated alkanes) is 3. The van der Waals surface area contributed by atoms with Crippen LogP contribution in [0.25, 0.3) is 0 Å². The molecule has 74 valence electrons. The fourth-order valence-electron chi connectivity index (χ4n) is 1.24. The average Bonchev–Trinajstić information content (AvgIpc) is 2.43. The van der Waals surface area contributed by atoms with Crippen LogP contribution in [-0.4, -0.2) is 9.78 Å². The summed E-state index contributed by atoms with van der Waals surface area (Å²) in [6, 6.07) is 0. The van der Waals surface area contributed by atoms with Gasteiger partial charge in [0.1, 0.15) is 10.8 Å². The number of rotatable bonds is 5. The average molecular weight is 202 g/mol. The summed E-state index contributed by atoms with van der Waals surface area (Å²) in [6.45, 7) is 3.07. The molecule has 13 heavy (non-hydrogen) atoms. The Kier molecular flexibility index (Phi) is 4.09. The number of nitrogens with two attached hydrogens (primary N) is 1. The van der Waals surface area contributed by atoms with E-state index in [1.54, 1.807) is 10.9 Å². The Morgan fingerprint density at radius 2 is 2.23 bits per heavy atom. The zero-order valence-corrected chi connectivity index (χ0v) is 8.72. The summed E-state index contributed by atoms with van der Waals surface area (Å²) in [5.74, 6) is 0.582. The Bertz CT molecular complexity index is 257. The molecule has 0 radical (unpaired) electrons. The molecule has 0 amide bonds. The van der Waals surface area contributed by atoms with Crippen molar-refractivity contribution in [1.82, 2.24) is 9.78 Å². The number of aryl methyl sites for hydroxylation is 1. The molecule has 1 aromatic heterocycles. The van der Waals surface area contributed by atoms with Gasteiger partial charge in [0.25, 0.3) is 0 Å². The maximum atomic E-state index is 5.76. The van der Waals surface area contributed by atoms with E-state index < -0.39 is 0 Å². The van der Waals surface area contributed by atoms with Crippen LogP contribution in [0.15, 0.2) is 6.20 Å². The van der Waals surface area contributed by atoms with Crippen molar-refractivity contribution in [2.24, 2.45) is 0 Å². The van der Waals surface area contributed by atoms with Gasteiger partial charge >= 0.3 is 0 Å². The number of hydrogen-bond acceptors (Lipinski definition) is 2. The Hall–Kier alpha value is -0.700. The third kappa shape index (κ3) is 2.92. The summed E-state index contributed by atoms with van der Waals surface area (Å²) in [5, 5.41) is 4.62. The van der Waals surface area contributed by atoms with Gasteiger partial charge in [0.2, 0.25) is 0 Å². The molecule has 0 unspecified atom stereocenters. The quantitative estimate of drug-likeness (QED) is 0.745. The third-order valence-electron chi connectivity index (χ3n) is 2.06. The minimum absolute atomic E-state index is 0.551. The fraction of sp³-hybridized carbons (Fsp3) is 0.667. The first-order valence-corrected chi connectivity index (χ1v) is 5.10. The van der Waals surface area contributed by atoms with E-state index in [0.717, 1.165) is 13.0 Å². The lowest BCUT2D eigenvalue weighted by molar-refractivity contribution is 0.547. The summed E-state index contributed by atoms with van der Waals surface area (Å²) < 4.78 is 1.76. The molecule has 0 saturated heterocycles. The van der Waals surface area contributed by atoms with Crippen molar-refractivity contribution in [3.63, 3.8) is 0 Å². The predicted octanol–water partition coefficient (Wildman–Crippen LogP) is 2.70. The number of hydrogen-bond donors (Lipinski definition) is 1. The zero-order valence-electron chi connectivity index (χ0n) is 7.96. The van der Waals surface area contributed by atoms with E-state index in [9.17, 15) is 0 Å². The number of nitrogens with zero attached hydrogens (tertiary/aromatic N) is 2. The van der Waals surface area contributed by atoms with Gasteiger partial charge in [-0.15, -0.1) is 0 Å². The highest BCUT2D eigenvalue weighted by atomic mass is 35.5. The maximum absolute atomic E-state index is 5.76. The van der Waals surface area contributed by atoms with Crippen LogP contribution in [0.1, 0.15) is 32.6 Å². The molecular weight excluding hydrogens is 186 g/mol. The molecular formula is C9H16ClN3. The summed E-state index contributed by atoms with van der Waals surface area (Å²) in [6.07, 6.45) is 6.46. The van der Waals surface area contributed by atoms with E-state index in [2.05, 4.69) is 12.0 Å². The van der Waals surface area contributed by atoms with Gasteiger partial charge in [-0.25, -0.2) is 4.68 Å². The van der Waals surface area contributed by atoms with E-state index in [-0.39, 0.29) is 0 Å². The van der Waals surface area contributed by atoms with Gasteiger partial charge in [-0.3, -0.25) is 0 Å².